The summed E-state index contributed by atoms with van der Waals surface area (Å²) in [5.74, 6) is 0.279. The minimum atomic E-state index is 0.279. The smallest absolute Gasteiger partial charge is 0.236 e. The Labute approximate surface area is 162 Å². The zero-order valence-electron chi connectivity index (χ0n) is 16.4. The van der Waals surface area contributed by atoms with Gasteiger partial charge in [0.05, 0.1) is 31.8 Å². The van der Waals surface area contributed by atoms with Crippen LogP contribution in [-0.2, 0) is 9.53 Å². The predicted molar refractivity (Wildman–Crippen MR) is 106 cm³/mol. The van der Waals surface area contributed by atoms with Gasteiger partial charge in [-0.1, -0.05) is 30.3 Å². The van der Waals surface area contributed by atoms with Gasteiger partial charge in [-0.05, 0) is 32.1 Å². The van der Waals surface area contributed by atoms with Crippen molar-refractivity contribution in [3.05, 3.63) is 35.9 Å². The molecule has 1 amide bonds. The second kappa shape index (κ2) is 8.69. The van der Waals surface area contributed by atoms with Crippen LogP contribution in [0.15, 0.2) is 30.3 Å². The Morgan fingerprint density at radius 3 is 2.74 bits per heavy atom. The van der Waals surface area contributed by atoms with Gasteiger partial charge in [0.1, 0.15) is 0 Å². The fourth-order valence-electron chi connectivity index (χ4n) is 4.58. The first kappa shape index (κ1) is 18.9. The summed E-state index contributed by atoms with van der Waals surface area (Å²) in [6, 6.07) is 11.2. The number of carbonyl (C=O) groups is 1. The zero-order valence-corrected chi connectivity index (χ0v) is 16.4. The molecule has 0 unspecified atom stereocenters. The minimum absolute atomic E-state index is 0.279. The average molecular weight is 373 g/mol. The first-order valence-corrected chi connectivity index (χ1v) is 10.3. The molecular formula is C21H32N4O2. The topological polar surface area (TPSA) is 39.3 Å². The van der Waals surface area contributed by atoms with Gasteiger partial charge in [-0.2, -0.15) is 0 Å². The highest BCUT2D eigenvalue weighted by atomic mass is 16.5. The third-order valence-electron chi connectivity index (χ3n) is 6.22. The number of morpholine rings is 1. The van der Waals surface area contributed by atoms with Crippen LogP contribution >= 0.6 is 0 Å². The molecule has 0 aromatic heterocycles. The van der Waals surface area contributed by atoms with Gasteiger partial charge in [-0.15, -0.1) is 0 Å². The fourth-order valence-corrected chi connectivity index (χ4v) is 4.58. The van der Waals surface area contributed by atoms with Crippen LogP contribution in [0.25, 0.3) is 0 Å². The number of rotatable bonds is 3. The van der Waals surface area contributed by atoms with E-state index < -0.39 is 0 Å². The van der Waals surface area contributed by atoms with E-state index in [0.717, 1.165) is 65.4 Å². The monoisotopic (exact) mass is 372 g/mol. The van der Waals surface area contributed by atoms with E-state index in [1.165, 1.54) is 5.56 Å². The first-order chi connectivity index (χ1) is 13.2. The molecule has 2 atom stereocenters. The number of fused-ring (bicyclic) bond motifs is 1. The Bertz CT molecular complexity index is 626. The Kier molecular flexibility index (Phi) is 6.08. The summed E-state index contributed by atoms with van der Waals surface area (Å²) >= 11 is 0. The van der Waals surface area contributed by atoms with Gasteiger partial charge in [-0.3, -0.25) is 14.6 Å². The highest BCUT2D eigenvalue weighted by Crippen LogP contribution is 2.29. The van der Waals surface area contributed by atoms with Crippen LogP contribution in [0.1, 0.15) is 18.0 Å². The Hall–Kier alpha value is -1.47. The molecule has 3 aliphatic rings. The lowest BCUT2D eigenvalue weighted by atomic mass is 10.00. The van der Waals surface area contributed by atoms with Crippen molar-refractivity contribution in [1.29, 1.82) is 0 Å². The van der Waals surface area contributed by atoms with Crippen LogP contribution in [0.3, 0.4) is 0 Å². The molecule has 6 heteroatoms. The number of benzene rings is 1. The number of hydrogen-bond acceptors (Lipinski definition) is 5. The SMILES string of the molecule is CN1CCCN(CC(=O)N2CCN3[C@@H](COC[C@@H]3c3ccccc3)C2)CC1. The van der Waals surface area contributed by atoms with Gasteiger partial charge < -0.3 is 14.5 Å². The summed E-state index contributed by atoms with van der Waals surface area (Å²) in [5.41, 5.74) is 1.32. The van der Waals surface area contributed by atoms with Gasteiger partial charge in [0, 0.05) is 32.7 Å². The Balaban J connectivity index is 1.34. The molecule has 0 radical (unpaired) electrons. The van der Waals surface area contributed by atoms with Gasteiger partial charge in [0.2, 0.25) is 5.91 Å². The molecule has 0 aliphatic carbocycles. The van der Waals surface area contributed by atoms with E-state index in [2.05, 4.69) is 57.0 Å². The summed E-state index contributed by atoms with van der Waals surface area (Å²) in [5, 5.41) is 0. The third kappa shape index (κ3) is 4.51. The quantitative estimate of drug-likeness (QED) is 0.789. The van der Waals surface area contributed by atoms with Crippen molar-refractivity contribution < 1.29 is 9.53 Å². The van der Waals surface area contributed by atoms with Crippen molar-refractivity contribution in [3.63, 3.8) is 0 Å². The highest BCUT2D eigenvalue weighted by Gasteiger charge is 2.37. The maximum atomic E-state index is 12.9. The van der Waals surface area contributed by atoms with E-state index in [1.807, 2.05) is 0 Å². The number of nitrogens with zero attached hydrogens (tertiary/aromatic N) is 4. The molecule has 1 aromatic rings. The van der Waals surface area contributed by atoms with Crippen LogP contribution in [-0.4, -0.2) is 104 Å². The summed E-state index contributed by atoms with van der Waals surface area (Å²) in [6.45, 7) is 8.77. The van der Waals surface area contributed by atoms with Crippen molar-refractivity contribution in [2.75, 3.05) is 72.6 Å². The molecule has 0 bridgehead atoms. The van der Waals surface area contributed by atoms with Crippen molar-refractivity contribution >= 4 is 5.91 Å². The second-order valence-corrected chi connectivity index (χ2v) is 8.13. The number of likely N-dealkylation sites (N-methyl/N-ethyl adjacent to an activating group) is 1. The van der Waals surface area contributed by atoms with Crippen LogP contribution in [0, 0.1) is 0 Å². The van der Waals surface area contributed by atoms with Crippen molar-refractivity contribution in [2.45, 2.75) is 18.5 Å². The Morgan fingerprint density at radius 1 is 1.04 bits per heavy atom. The van der Waals surface area contributed by atoms with Gasteiger partial charge >= 0.3 is 0 Å². The van der Waals surface area contributed by atoms with E-state index in [9.17, 15) is 4.79 Å². The number of ether oxygens (including phenoxy) is 1. The van der Waals surface area contributed by atoms with Crippen LogP contribution in [0.2, 0.25) is 0 Å². The predicted octanol–water partition coefficient (Wildman–Crippen LogP) is 0.908. The maximum absolute atomic E-state index is 12.9. The molecule has 4 rings (SSSR count). The zero-order chi connectivity index (χ0) is 18.6. The molecule has 3 aliphatic heterocycles. The maximum Gasteiger partial charge on any atom is 0.236 e. The number of piperazine rings is 1. The van der Waals surface area contributed by atoms with E-state index in [0.29, 0.717) is 18.6 Å². The number of amides is 1. The summed E-state index contributed by atoms with van der Waals surface area (Å²) in [6.07, 6.45) is 1.15. The lowest BCUT2D eigenvalue weighted by Gasteiger charge is -2.48. The van der Waals surface area contributed by atoms with E-state index >= 15 is 0 Å². The lowest BCUT2D eigenvalue weighted by Crippen LogP contribution is -2.60. The first-order valence-electron chi connectivity index (χ1n) is 10.3. The third-order valence-corrected chi connectivity index (χ3v) is 6.22. The Morgan fingerprint density at radius 2 is 1.89 bits per heavy atom. The molecule has 0 spiro atoms. The molecule has 6 nitrogen and oxygen atoms in total. The lowest BCUT2D eigenvalue weighted by molar-refractivity contribution is -0.141. The number of hydrogen-bond donors (Lipinski definition) is 0. The molecular weight excluding hydrogens is 340 g/mol. The average Bonchev–Trinajstić information content (AvgIpc) is 2.92. The van der Waals surface area contributed by atoms with Crippen molar-refractivity contribution in [3.8, 4) is 0 Å². The van der Waals surface area contributed by atoms with Gasteiger partial charge in [0.25, 0.3) is 0 Å². The molecule has 3 saturated heterocycles. The van der Waals surface area contributed by atoms with Crippen LogP contribution in [0.5, 0.6) is 0 Å². The van der Waals surface area contributed by atoms with Crippen LogP contribution in [0.4, 0.5) is 0 Å². The molecule has 3 heterocycles. The summed E-state index contributed by atoms with van der Waals surface area (Å²) in [4.78, 5) is 22.2. The van der Waals surface area contributed by atoms with Crippen molar-refractivity contribution in [1.82, 2.24) is 19.6 Å². The number of carbonyl (C=O) groups excluding carboxylic acids is 1. The molecule has 148 valence electrons. The fraction of sp³-hybridized carbons (Fsp3) is 0.667. The van der Waals surface area contributed by atoms with E-state index in [1.54, 1.807) is 0 Å². The standard InChI is InChI=1S/C21H32N4O2/c1-22-8-5-9-23(11-10-22)15-21(26)24-12-13-25-19(14-24)16-27-17-20(25)18-6-3-2-4-7-18/h2-4,6-7,19-20H,5,8-17H2,1H3/t19-,20-/m1/s1. The normalized spacial score (nSPS) is 28.6. The second-order valence-electron chi connectivity index (χ2n) is 8.13. The largest absolute Gasteiger partial charge is 0.378 e. The van der Waals surface area contributed by atoms with Crippen molar-refractivity contribution in [2.24, 2.45) is 0 Å². The van der Waals surface area contributed by atoms with E-state index in [-0.39, 0.29) is 5.91 Å². The molecule has 0 N–H and O–H groups in total. The van der Waals surface area contributed by atoms with Gasteiger partial charge in [-0.25, -0.2) is 0 Å². The highest BCUT2D eigenvalue weighted by molar-refractivity contribution is 5.78. The van der Waals surface area contributed by atoms with Gasteiger partial charge in [0.15, 0.2) is 0 Å². The minimum Gasteiger partial charge on any atom is -0.378 e. The summed E-state index contributed by atoms with van der Waals surface area (Å²) in [7, 11) is 2.16. The molecule has 0 saturated carbocycles. The molecule has 27 heavy (non-hydrogen) atoms. The van der Waals surface area contributed by atoms with Crippen LogP contribution < -0.4 is 0 Å². The molecule has 1 aromatic carbocycles. The van der Waals surface area contributed by atoms with E-state index in [4.69, 9.17) is 4.74 Å². The molecule has 3 fully saturated rings. The summed E-state index contributed by atoms with van der Waals surface area (Å²) < 4.78 is 5.92.